The largest absolute Gasteiger partial charge is 0.494 e. The van der Waals surface area contributed by atoms with Crippen LogP contribution in [0.15, 0.2) is 47.4 Å². The Kier molecular flexibility index (Phi) is 6.57. The van der Waals surface area contributed by atoms with Crippen molar-refractivity contribution >= 4 is 33.0 Å². The van der Waals surface area contributed by atoms with E-state index < -0.39 is 15.7 Å². The van der Waals surface area contributed by atoms with Gasteiger partial charge in [-0.25, -0.2) is 8.42 Å². The maximum Gasteiger partial charge on any atom is 0.255 e. The number of ether oxygens (including phenoxy) is 1. The fourth-order valence-electron chi connectivity index (χ4n) is 2.38. The van der Waals surface area contributed by atoms with Crippen LogP contribution in [0.5, 0.6) is 5.75 Å². The van der Waals surface area contributed by atoms with Crippen molar-refractivity contribution in [3.63, 3.8) is 0 Å². The van der Waals surface area contributed by atoms with Gasteiger partial charge in [0.15, 0.2) is 9.84 Å². The molecule has 144 valence electrons. The summed E-state index contributed by atoms with van der Waals surface area (Å²) >= 11 is 0. The lowest BCUT2D eigenvalue weighted by Gasteiger charge is -2.13. The first-order chi connectivity index (χ1) is 12.7. The lowest BCUT2D eigenvalue weighted by Crippen LogP contribution is -2.14. The Balaban J connectivity index is 2.20. The van der Waals surface area contributed by atoms with Crippen molar-refractivity contribution in [2.24, 2.45) is 0 Å². The molecule has 27 heavy (non-hydrogen) atoms. The molecule has 0 bridgehead atoms. The first-order valence-corrected chi connectivity index (χ1v) is 10.2. The molecule has 0 aliphatic rings. The molecule has 2 aromatic carbocycles. The van der Waals surface area contributed by atoms with Gasteiger partial charge in [-0.1, -0.05) is 13.0 Å². The van der Waals surface area contributed by atoms with Gasteiger partial charge >= 0.3 is 0 Å². The average molecular weight is 390 g/mol. The summed E-state index contributed by atoms with van der Waals surface area (Å²) in [6.45, 7) is 1.91. The van der Waals surface area contributed by atoms with Gasteiger partial charge in [0.1, 0.15) is 5.75 Å². The second-order valence-corrected chi connectivity index (χ2v) is 7.98. The van der Waals surface area contributed by atoms with Crippen molar-refractivity contribution in [3.8, 4) is 5.75 Å². The highest BCUT2D eigenvalue weighted by atomic mass is 32.2. The van der Waals surface area contributed by atoms with Crippen LogP contribution in [-0.2, 0) is 14.6 Å². The van der Waals surface area contributed by atoms with E-state index in [1.807, 2.05) is 6.92 Å². The second-order valence-electron chi connectivity index (χ2n) is 5.97. The van der Waals surface area contributed by atoms with Crippen molar-refractivity contribution in [1.82, 2.24) is 0 Å². The SMILES string of the molecule is CCCC(=O)Nc1ccc(NC(=O)c2cccc(S(C)(=O)=O)c2)cc1OC. The molecule has 0 heterocycles. The summed E-state index contributed by atoms with van der Waals surface area (Å²) in [4.78, 5) is 24.3. The first kappa shape index (κ1) is 20.4. The van der Waals surface area contributed by atoms with Crippen LogP contribution in [0.4, 0.5) is 11.4 Å². The number of carbonyl (C=O) groups is 2. The quantitative estimate of drug-likeness (QED) is 0.756. The van der Waals surface area contributed by atoms with Crippen LogP contribution in [0.2, 0.25) is 0 Å². The van der Waals surface area contributed by atoms with Gasteiger partial charge in [0, 0.05) is 30.0 Å². The van der Waals surface area contributed by atoms with Crippen molar-refractivity contribution in [1.29, 1.82) is 0 Å². The zero-order chi connectivity index (χ0) is 20.0. The van der Waals surface area contributed by atoms with Gasteiger partial charge in [-0.3, -0.25) is 9.59 Å². The van der Waals surface area contributed by atoms with E-state index in [0.29, 0.717) is 23.5 Å². The standard InChI is InChI=1S/C19H22N2O5S/c1-4-6-18(22)21-16-10-9-14(12-17(16)26-2)20-19(23)13-7-5-8-15(11-13)27(3,24)25/h5,7-12H,4,6H2,1-3H3,(H,20,23)(H,21,22). The van der Waals surface area contributed by atoms with Crippen LogP contribution in [0.3, 0.4) is 0 Å². The summed E-state index contributed by atoms with van der Waals surface area (Å²) in [6, 6.07) is 10.6. The highest BCUT2D eigenvalue weighted by molar-refractivity contribution is 7.90. The summed E-state index contributed by atoms with van der Waals surface area (Å²) in [7, 11) is -1.94. The highest BCUT2D eigenvalue weighted by Gasteiger charge is 2.13. The Morgan fingerprint density at radius 3 is 2.44 bits per heavy atom. The fourth-order valence-corrected chi connectivity index (χ4v) is 3.05. The summed E-state index contributed by atoms with van der Waals surface area (Å²) < 4.78 is 28.5. The van der Waals surface area contributed by atoms with Gasteiger partial charge in [-0.2, -0.15) is 0 Å². The van der Waals surface area contributed by atoms with E-state index in [1.165, 1.54) is 31.4 Å². The molecule has 2 rings (SSSR count). The van der Waals surface area contributed by atoms with Crippen LogP contribution in [0.25, 0.3) is 0 Å². The number of nitrogens with one attached hydrogen (secondary N) is 2. The van der Waals surface area contributed by atoms with E-state index in [1.54, 1.807) is 18.2 Å². The van der Waals surface area contributed by atoms with E-state index in [4.69, 9.17) is 4.74 Å². The first-order valence-electron chi connectivity index (χ1n) is 8.34. The minimum atomic E-state index is -3.40. The Labute approximate surface area is 158 Å². The van der Waals surface area contributed by atoms with Crippen molar-refractivity contribution in [2.75, 3.05) is 24.0 Å². The van der Waals surface area contributed by atoms with Gasteiger partial charge in [0.05, 0.1) is 17.7 Å². The fraction of sp³-hybridized carbons (Fsp3) is 0.263. The van der Waals surface area contributed by atoms with E-state index in [2.05, 4.69) is 10.6 Å². The molecular weight excluding hydrogens is 368 g/mol. The third-order valence-corrected chi connectivity index (χ3v) is 4.85. The molecule has 0 saturated carbocycles. The van der Waals surface area contributed by atoms with Crippen LogP contribution in [0, 0.1) is 0 Å². The highest BCUT2D eigenvalue weighted by Crippen LogP contribution is 2.28. The lowest BCUT2D eigenvalue weighted by molar-refractivity contribution is -0.116. The summed E-state index contributed by atoms with van der Waals surface area (Å²) in [5, 5.41) is 5.45. The molecule has 0 fully saturated rings. The number of amides is 2. The van der Waals surface area contributed by atoms with Gasteiger partial charge in [-0.05, 0) is 36.8 Å². The molecular formula is C19H22N2O5S. The monoisotopic (exact) mass is 390 g/mol. The summed E-state index contributed by atoms with van der Waals surface area (Å²) in [5.41, 5.74) is 1.18. The Morgan fingerprint density at radius 1 is 1.07 bits per heavy atom. The predicted molar refractivity (Wildman–Crippen MR) is 104 cm³/mol. The lowest BCUT2D eigenvalue weighted by atomic mass is 10.2. The summed E-state index contributed by atoms with van der Waals surface area (Å²) in [6.07, 6.45) is 2.22. The van der Waals surface area contributed by atoms with Crippen LogP contribution in [-0.4, -0.2) is 33.6 Å². The van der Waals surface area contributed by atoms with Crippen LogP contribution in [0.1, 0.15) is 30.1 Å². The number of carbonyl (C=O) groups excluding carboxylic acids is 2. The smallest absolute Gasteiger partial charge is 0.255 e. The van der Waals surface area contributed by atoms with Crippen LogP contribution >= 0.6 is 0 Å². The number of benzene rings is 2. The number of hydrogen-bond donors (Lipinski definition) is 2. The topological polar surface area (TPSA) is 102 Å². The number of methoxy groups -OCH3 is 1. The number of rotatable bonds is 7. The molecule has 0 aromatic heterocycles. The second kappa shape index (κ2) is 8.68. The van der Waals surface area contributed by atoms with E-state index in [9.17, 15) is 18.0 Å². The third-order valence-electron chi connectivity index (χ3n) is 3.73. The minimum Gasteiger partial charge on any atom is -0.494 e. The Hall–Kier alpha value is -2.87. The van der Waals surface area contributed by atoms with E-state index in [-0.39, 0.29) is 16.4 Å². The molecule has 0 unspecified atom stereocenters. The summed E-state index contributed by atoms with van der Waals surface area (Å²) in [5.74, 6) is -0.169. The van der Waals surface area contributed by atoms with Crippen molar-refractivity contribution in [2.45, 2.75) is 24.7 Å². The number of anilines is 2. The molecule has 2 amide bonds. The van der Waals surface area contributed by atoms with Crippen molar-refractivity contribution < 1.29 is 22.7 Å². The molecule has 0 saturated heterocycles. The van der Waals surface area contributed by atoms with Crippen LogP contribution < -0.4 is 15.4 Å². The maximum atomic E-state index is 12.4. The predicted octanol–water partition coefficient (Wildman–Crippen LogP) is 3.09. The van der Waals surface area contributed by atoms with Crippen molar-refractivity contribution in [3.05, 3.63) is 48.0 Å². The minimum absolute atomic E-state index is 0.0710. The Morgan fingerprint density at radius 2 is 1.81 bits per heavy atom. The van der Waals surface area contributed by atoms with Gasteiger partial charge in [0.25, 0.3) is 5.91 Å². The molecule has 0 atom stereocenters. The zero-order valence-electron chi connectivity index (χ0n) is 15.4. The Bertz CT molecular complexity index is 954. The van der Waals surface area contributed by atoms with Gasteiger partial charge in [-0.15, -0.1) is 0 Å². The maximum absolute atomic E-state index is 12.4. The van der Waals surface area contributed by atoms with Gasteiger partial charge < -0.3 is 15.4 Å². The zero-order valence-corrected chi connectivity index (χ0v) is 16.2. The molecule has 7 nitrogen and oxygen atoms in total. The third kappa shape index (κ3) is 5.55. The molecule has 8 heteroatoms. The average Bonchev–Trinajstić information content (AvgIpc) is 2.62. The van der Waals surface area contributed by atoms with Gasteiger partial charge in [0.2, 0.25) is 5.91 Å². The molecule has 0 aliphatic heterocycles. The normalized spacial score (nSPS) is 10.9. The molecule has 0 spiro atoms. The number of hydrogen-bond acceptors (Lipinski definition) is 5. The van der Waals surface area contributed by atoms with E-state index >= 15 is 0 Å². The molecule has 0 radical (unpaired) electrons. The molecule has 2 aromatic rings. The molecule has 2 N–H and O–H groups in total. The molecule has 0 aliphatic carbocycles. The van der Waals surface area contributed by atoms with E-state index in [0.717, 1.165) is 12.7 Å². The number of sulfone groups is 1.